The van der Waals surface area contributed by atoms with Gasteiger partial charge in [0.2, 0.25) is 0 Å². The summed E-state index contributed by atoms with van der Waals surface area (Å²) in [4.78, 5) is 4.79. The average Bonchev–Trinajstić information content (AvgIpc) is 3.00. The predicted molar refractivity (Wildman–Crippen MR) is 81.8 cm³/mol. The molecule has 6 nitrogen and oxygen atoms in total. The molecule has 21 heavy (non-hydrogen) atoms. The lowest BCUT2D eigenvalue weighted by atomic mass is 10.1. The van der Waals surface area contributed by atoms with Crippen molar-refractivity contribution in [2.75, 3.05) is 20.6 Å². The average molecular weight is 288 g/mol. The molecule has 0 spiro atoms. The minimum Gasteiger partial charge on any atom is -0.308 e. The highest BCUT2D eigenvalue weighted by Crippen LogP contribution is 2.20. The van der Waals surface area contributed by atoms with E-state index in [4.69, 9.17) is 0 Å². The van der Waals surface area contributed by atoms with Crippen molar-refractivity contribution in [1.82, 2.24) is 29.8 Å². The van der Waals surface area contributed by atoms with Crippen LogP contribution in [-0.4, -0.2) is 56.5 Å². The van der Waals surface area contributed by atoms with Gasteiger partial charge >= 0.3 is 0 Å². The largest absolute Gasteiger partial charge is 0.308 e. The molecule has 114 valence electrons. The summed E-state index contributed by atoms with van der Waals surface area (Å²) in [5, 5.41) is 11.9. The molecule has 0 fully saturated rings. The first kappa shape index (κ1) is 14.3. The van der Waals surface area contributed by atoms with Gasteiger partial charge in [-0.2, -0.15) is 10.2 Å². The molecule has 3 heterocycles. The van der Waals surface area contributed by atoms with Gasteiger partial charge in [-0.15, -0.1) is 0 Å². The molecule has 0 amide bonds. The molecule has 2 aromatic rings. The molecular weight excluding hydrogens is 264 g/mol. The van der Waals surface area contributed by atoms with E-state index in [1.165, 1.54) is 5.69 Å². The molecule has 1 aliphatic rings. The van der Waals surface area contributed by atoms with Gasteiger partial charge in [0.05, 0.1) is 11.4 Å². The summed E-state index contributed by atoms with van der Waals surface area (Å²) in [6, 6.07) is 4.79. The van der Waals surface area contributed by atoms with Crippen molar-refractivity contribution >= 4 is 0 Å². The number of aryl methyl sites for hydroxylation is 2. The maximum Gasteiger partial charge on any atom is 0.0765 e. The quantitative estimate of drug-likeness (QED) is 0.920. The third kappa shape index (κ3) is 3.33. The minimum absolute atomic E-state index is 0.527. The number of H-pyrrole nitrogens is 1. The van der Waals surface area contributed by atoms with E-state index < -0.39 is 0 Å². The number of aromatic nitrogens is 4. The number of nitrogens with one attached hydrogen (secondary N) is 1. The molecule has 1 atom stereocenters. The Labute approximate surface area is 125 Å². The van der Waals surface area contributed by atoms with Crippen molar-refractivity contribution in [1.29, 1.82) is 0 Å². The topological polar surface area (TPSA) is 53.0 Å². The monoisotopic (exact) mass is 288 g/mol. The zero-order chi connectivity index (χ0) is 14.8. The highest BCUT2D eigenvalue weighted by Gasteiger charge is 2.25. The molecule has 3 rings (SSSR count). The van der Waals surface area contributed by atoms with E-state index in [-0.39, 0.29) is 0 Å². The lowest BCUT2D eigenvalue weighted by Gasteiger charge is -2.31. The summed E-state index contributed by atoms with van der Waals surface area (Å²) in [6.45, 7) is 5.93. The molecule has 1 aliphatic heterocycles. The van der Waals surface area contributed by atoms with Crippen LogP contribution in [0.2, 0.25) is 0 Å². The summed E-state index contributed by atoms with van der Waals surface area (Å²) < 4.78 is 2.14. The van der Waals surface area contributed by atoms with Crippen LogP contribution in [-0.2, 0) is 19.6 Å². The second-order valence-corrected chi connectivity index (χ2v) is 6.20. The number of rotatable bonds is 4. The van der Waals surface area contributed by atoms with Gasteiger partial charge < -0.3 is 4.90 Å². The Morgan fingerprint density at radius 1 is 1.43 bits per heavy atom. The molecule has 6 heteroatoms. The van der Waals surface area contributed by atoms with E-state index in [0.29, 0.717) is 6.04 Å². The Hall–Kier alpha value is -1.66. The molecule has 1 N–H and O–H groups in total. The van der Waals surface area contributed by atoms with Crippen LogP contribution < -0.4 is 0 Å². The van der Waals surface area contributed by atoms with Gasteiger partial charge in [0.25, 0.3) is 0 Å². The van der Waals surface area contributed by atoms with Gasteiger partial charge in [-0.1, -0.05) is 0 Å². The second kappa shape index (κ2) is 5.99. The fourth-order valence-electron chi connectivity index (χ4n) is 3.06. The molecule has 0 bridgehead atoms. The number of nitrogens with zero attached hydrogens (tertiary/aromatic N) is 5. The Morgan fingerprint density at radius 3 is 3.00 bits per heavy atom. The van der Waals surface area contributed by atoms with Crippen LogP contribution in [0.3, 0.4) is 0 Å². The summed E-state index contributed by atoms with van der Waals surface area (Å²) in [5.41, 5.74) is 3.53. The smallest absolute Gasteiger partial charge is 0.0765 e. The fourth-order valence-corrected chi connectivity index (χ4v) is 3.06. The van der Waals surface area contributed by atoms with E-state index in [1.807, 2.05) is 13.1 Å². The first-order chi connectivity index (χ1) is 10.1. The van der Waals surface area contributed by atoms with Crippen LogP contribution in [0.1, 0.15) is 23.5 Å². The van der Waals surface area contributed by atoms with E-state index in [2.05, 4.69) is 56.0 Å². The van der Waals surface area contributed by atoms with Crippen molar-refractivity contribution in [3.8, 4) is 0 Å². The van der Waals surface area contributed by atoms with Crippen LogP contribution in [0, 0.1) is 6.92 Å². The fraction of sp³-hybridized carbons (Fsp3) is 0.600. The Kier molecular flexibility index (Phi) is 4.07. The zero-order valence-corrected chi connectivity index (χ0v) is 13.1. The van der Waals surface area contributed by atoms with E-state index in [1.54, 1.807) is 0 Å². The van der Waals surface area contributed by atoms with Gasteiger partial charge in [0, 0.05) is 44.1 Å². The molecule has 0 saturated carbocycles. The molecule has 0 radical (unpaired) electrons. The summed E-state index contributed by atoms with van der Waals surface area (Å²) in [5.74, 6) is 0. The number of fused-ring (bicyclic) bond motifs is 1. The van der Waals surface area contributed by atoms with Crippen LogP contribution in [0.15, 0.2) is 18.3 Å². The van der Waals surface area contributed by atoms with Crippen LogP contribution >= 0.6 is 0 Å². The second-order valence-electron chi connectivity index (χ2n) is 6.20. The molecule has 0 saturated heterocycles. The molecule has 0 aliphatic carbocycles. The Bertz CT molecular complexity index is 585. The summed E-state index contributed by atoms with van der Waals surface area (Å²) in [6.07, 6.45) is 3.02. The van der Waals surface area contributed by atoms with Gasteiger partial charge in [0.1, 0.15) is 0 Å². The third-order valence-corrected chi connectivity index (χ3v) is 4.06. The van der Waals surface area contributed by atoms with E-state index in [0.717, 1.165) is 44.0 Å². The maximum absolute atomic E-state index is 4.43. The summed E-state index contributed by atoms with van der Waals surface area (Å²) >= 11 is 0. The van der Waals surface area contributed by atoms with Crippen molar-refractivity contribution in [3.63, 3.8) is 0 Å². The van der Waals surface area contributed by atoms with Crippen molar-refractivity contribution < 1.29 is 0 Å². The number of likely N-dealkylation sites (N-methyl/N-ethyl adjacent to an activating group) is 1. The zero-order valence-electron chi connectivity index (χ0n) is 13.1. The highest BCUT2D eigenvalue weighted by molar-refractivity contribution is 5.08. The molecule has 0 aromatic carbocycles. The molecule has 0 unspecified atom stereocenters. The standard InChI is InChI=1S/C15H24N6/c1-12-8-13(18-17-12)9-20-11-15-4-6-16-21(15)7-5-14(20)10-19(2)3/h4,6,8,14H,5,7,9-11H2,1-3H3,(H,17,18)/t14-/m1/s1. The maximum atomic E-state index is 4.43. The SMILES string of the molecule is Cc1cc(CN2Cc3ccnn3CC[C@@H]2CN(C)C)n[nH]1. The number of aromatic amines is 1. The molecule has 2 aromatic heterocycles. The third-order valence-electron chi connectivity index (χ3n) is 4.06. The van der Waals surface area contributed by atoms with Crippen LogP contribution in [0.4, 0.5) is 0 Å². The van der Waals surface area contributed by atoms with Gasteiger partial charge in [-0.05, 0) is 39.6 Å². The minimum atomic E-state index is 0.527. The first-order valence-corrected chi connectivity index (χ1v) is 7.52. The number of hydrogen-bond donors (Lipinski definition) is 1. The predicted octanol–water partition coefficient (Wildman–Crippen LogP) is 1.25. The summed E-state index contributed by atoms with van der Waals surface area (Å²) in [7, 11) is 4.28. The lowest BCUT2D eigenvalue weighted by molar-refractivity contribution is 0.142. The van der Waals surface area contributed by atoms with Gasteiger partial charge in [0.15, 0.2) is 0 Å². The van der Waals surface area contributed by atoms with Crippen LogP contribution in [0.5, 0.6) is 0 Å². The van der Waals surface area contributed by atoms with Crippen molar-refractivity contribution in [2.24, 2.45) is 0 Å². The highest BCUT2D eigenvalue weighted by atomic mass is 15.3. The van der Waals surface area contributed by atoms with E-state index >= 15 is 0 Å². The molecular formula is C15H24N6. The number of hydrogen-bond acceptors (Lipinski definition) is 4. The van der Waals surface area contributed by atoms with Gasteiger partial charge in [-0.25, -0.2) is 0 Å². The Balaban J connectivity index is 1.80. The first-order valence-electron chi connectivity index (χ1n) is 7.52. The Morgan fingerprint density at radius 2 is 2.29 bits per heavy atom. The van der Waals surface area contributed by atoms with Crippen molar-refractivity contribution in [3.05, 3.63) is 35.4 Å². The van der Waals surface area contributed by atoms with Gasteiger partial charge in [-0.3, -0.25) is 14.7 Å². The lowest BCUT2D eigenvalue weighted by Crippen LogP contribution is -2.40. The van der Waals surface area contributed by atoms with Crippen molar-refractivity contribution in [2.45, 2.75) is 39.0 Å². The van der Waals surface area contributed by atoms with E-state index in [9.17, 15) is 0 Å². The normalized spacial score (nSPS) is 19.7. The van der Waals surface area contributed by atoms with Crippen LogP contribution in [0.25, 0.3) is 0 Å².